The van der Waals surface area contributed by atoms with E-state index < -0.39 is 11.9 Å². The Morgan fingerprint density at radius 2 is 2.23 bits per heavy atom. The molecular formula is C19H27FN4O2. The van der Waals surface area contributed by atoms with Crippen LogP contribution in [-0.4, -0.2) is 54.0 Å². The number of hydrogen-bond acceptors (Lipinski definition) is 3. The van der Waals surface area contributed by atoms with E-state index in [9.17, 15) is 14.0 Å². The number of carbonyl (C=O) groups excluding carboxylic acids is 2. The van der Waals surface area contributed by atoms with Crippen LogP contribution in [0.1, 0.15) is 32.3 Å². The maximum Gasteiger partial charge on any atom is 0.318 e. The summed E-state index contributed by atoms with van der Waals surface area (Å²) in [5.41, 5.74) is 1.18. The fourth-order valence-electron chi connectivity index (χ4n) is 3.73. The predicted octanol–water partition coefficient (Wildman–Crippen LogP) is 2.41. The van der Waals surface area contributed by atoms with Gasteiger partial charge in [-0.3, -0.25) is 4.79 Å². The zero-order chi connectivity index (χ0) is 18.8. The quantitative estimate of drug-likeness (QED) is 0.868. The number of fused-ring (bicyclic) bond motifs is 1. The molecule has 0 aromatic heterocycles. The average molecular weight is 362 g/mol. The summed E-state index contributed by atoms with van der Waals surface area (Å²) in [5.74, 6) is -0.676. The highest BCUT2D eigenvalue weighted by molar-refractivity contribution is 5.98. The van der Waals surface area contributed by atoms with Crippen molar-refractivity contribution in [2.24, 2.45) is 5.92 Å². The Bertz CT molecular complexity index is 696. The van der Waals surface area contributed by atoms with Crippen molar-refractivity contribution in [2.45, 2.75) is 45.3 Å². The molecule has 6 nitrogen and oxygen atoms in total. The Kier molecular flexibility index (Phi) is 5.46. The van der Waals surface area contributed by atoms with Crippen LogP contribution in [0.4, 0.5) is 14.9 Å². The average Bonchev–Trinajstić information content (AvgIpc) is 2.93. The Hall–Kier alpha value is -2.15. The van der Waals surface area contributed by atoms with Gasteiger partial charge in [0.2, 0.25) is 5.91 Å². The number of likely N-dealkylation sites (tertiary alicyclic amines) is 1. The standard InChI is InChI=1S/C19H27FN4O2/c1-4-12(2)17-18(25)22-16-9-14(20)6-5-13(16)10-24(17)19(26)21-15-7-8-23(3)11-15/h5-6,9,12,15,17H,4,7-8,10-11H2,1-3H3,(H,21,26)(H,22,25)/t12-,15-,17-/m0/s1. The molecule has 26 heavy (non-hydrogen) atoms. The van der Waals surface area contributed by atoms with Crippen molar-refractivity contribution in [3.05, 3.63) is 29.6 Å². The number of urea groups is 1. The topological polar surface area (TPSA) is 64.7 Å². The summed E-state index contributed by atoms with van der Waals surface area (Å²) in [6, 6.07) is 3.57. The zero-order valence-corrected chi connectivity index (χ0v) is 15.6. The first-order valence-electron chi connectivity index (χ1n) is 9.24. The van der Waals surface area contributed by atoms with Gasteiger partial charge in [0.1, 0.15) is 11.9 Å². The summed E-state index contributed by atoms with van der Waals surface area (Å²) in [6.07, 6.45) is 1.66. The number of amides is 3. The molecule has 3 rings (SSSR count). The lowest BCUT2D eigenvalue weighted by atomic mass is 9.97. The van der Waals surface area contributed by atoms with Crippen LogP contribution in [0.3, 0.4) is 0 Å². The van der Waals surface area contributed by atoms with E-state index in [4.69, 9.17) is 0 Å². The van der Waals surface area contributed by atoms with Crippen molar-refractivity contribution >= 4 is 17.6 Å². The smallest absolute Gasteiger partial charge is 0.318 e. The van der Waals surface area contributed by atoms with Crippen molar-refractivity contribution in [3.63, 3.8) is 0 Å². The molecule has 3 atom stereocenters. The molecule has 0 spiro atoms. The fraction of sp³-hybridized carbons (Fsp3) is 0.579. The molecule has 0 saturated carbocycles. The first-order chi connectivity index (χ1) is 12.4. The second-order valence-electron chi connectivity index (χ2n) is 7.45. The normalized spacial score (nSPS) is 24.6. The van der Waals surface area contributed by atoms with E-state index in [0.29, 0.717) is 5.69 Å². The molecule has 1 aromatic rings. The van der Waals surface area contributed by atoms with Crippen LogP contribution in [0.25, 0.3) is 0 Å². The van der Waals surface area contributed by atoms with Gasteiger partial charge in [-0.1, -0.05) is 26.3 Å². The molecule has 2 aliphatic rings. The van der Waals surface area contributed by atoms with E-state index in [1.165, 1.54) is 12.1 Å². The van der Waals surface area contributed by atoms with Gasteiger partial charge in [0.05, 0.1) is 6.54 Å². The lowest BCUT2D eigenvalue weighted by Crippen LogP contribution is -2.54. The van der Waals surface area contributed by atoms with Crippen molar-refractivity contribution in [3.8, 4) is 0 Å². The van der Waals surface area contributed by atoms with Crippen LogP contribution in [0.15, 0.2) is 18.2 Å². The zero-order valence-electron chi connectivity index (χ0n) is 15.6. The van der Waals surface area contributed by atoms with Crippen LogP contribution in [0.5, 0.6) is 0 Å². The molecule has 2 aliphatic heterocycles. The number of nitrogens with zero attached hydrogens (tertiary/aromatic N) is 2. The highest BCUT2D eigenvalue weighted by Crippen LogP contribution is 2.28. The second kappa shape index (κ2) is 7.61. The van der Waals surface area contributed by atoms with Gasteiger partial charge in [-0.05, 0) is 43.6 Å². The maximum atomic E-state index is 13.6. The van der Waals surface area contributed by atoms with Crippen molar-refractivity contribution in [1.82, 2.24) is 15.1 Å². The third-order valence-electron chi connectivity index (χ3n) is 5.44. The molecular weight excluding hydrogens is 335 g/mol. The number of carbonyl (C=O) groups is 2. The molecule has 1 aromatic carbocycles. The first-order valence-corrected chi connectivity index (χ1v) is 9.24. The molecule has 2 heterocycles. The molecule has 7 heteroatoms. The van der Waals surface area contributed by atoms with E-state index in [0.717, 1.165) is 31.5 Å². The largest absolute Gasteiger partial charge is 0.334 e. The number of benzene rings is 1. The molecule has 0 aliphatic carbocycles. The Balaban J connectivity index is 1.88. The van der Waals surface area contributed by atoms with E-state index in [-0.39, 0.29) is 30.4 Å². The number of nitrogens with one attached hydrogen (secondary N) is 2. The number of likely N-dealkylation sites (N-methyl/N-ethyl adjacent to an activating group) is 1. The summed E-state index contributed by atoms with van der Waals surface area (Å²) in [7, 11) is 2.03. The first kappa shape index (κ1) is 18.6. The SMILES string of the molecule is CC[C@H](C)[C@H]1C(=O)Nc2cc(F)ccc2CN1C(=O)N[C@H]1CCN(C)C1. The summed E-state index contributed by atoms with van der Waals surface area (Å²) in [4.78, 5) is 29.6. The predicted molar refractivity (Wildman–Crippen MR) is 98.2 cm³/mol. The van der Waals surface area contributed by atoms with Gasteiger partial charge in [0, 0.05) is 18.3 Å². The van der Waals surface area contributed by atoms with Gasteiger partial charge in [-0.25, -0.2) is 9.18 Å². The lowest BCUT2D eigenvalue weighted by molar-refractivity contribution is -0.121. The minimum atomic E-state index is -0.588. The number of anilines is 1. The molecule has 0 unspecified atom stereocenters. The molecule has 0 radical (unpaired) electrons. The van der Waals surface area contributed by atoms with Gasteiger partial charge in [-0.15, -0.1) is 0 Å². The van der Waals surface area contributed by atoms with Crippen molar-refractivity contribution < 1.29 is 14.0 Å². The summed E-state index contributed by atoms with van der Waals surface area (Å²) in [6.45, 7) is 5.99. The minimum Gasteiger partial charge on any atom is -0.334 e. The highest BCUT2D eigenvalue weighted by Gasteiger charge is 2.37. The molecule has 0 bridgehead atoms. The molecule has 1 fully saturated rings. The third-order valence-corrected chi connectivity index (χ3v) is 5.44. The van der Waals surface area contributed by atoms with Gasteiger partial charge in [0.15, 0.2) is 0 Å². The van der Waals surface area contributed by atoms with Crippen molar-refractivity contribution in [2.75, 3.05) is 25.5 Å². The highest BCUT2D eigenvalue weighted by atomic mass is 19.1. The minimum absolute atomic E-state index is 0.00818. The van der Waals surface area contributed by atoms with Crippen LogP contribution >= 0.6 is 0 Å². The van der Waals surface area contributed by atoms with E-state index in [1.54, 1.807) is 11.0 Å². The monoisotopic (exact) mass is 362 g/mol. The van der Waals surface area contributed by atoms with Gasteiger partial charge >= 0.3 is 6.03 Å². The Morgan fingerprint density at radius 1 is 1.46 bits per heavy atom. The summed E-state index contributed by atoms with van der Waals surface area (Å²) < 4.78 is 13.6. The van der Waals surface area contributed by atoms with Crippen LogP contribution < -0.4 is 10.6 Å². The Labute approximate surface area is 153 Å². The van der Waals surface area contributed by atoms with Crippen LogP contribution in [0.2, 0.25) is 0 Å². The summed E-state index contributed by atoms with van der Waals surface area (Å²) >= 11 is 0. The Morgan fingerprint density at radius 3 is 2.88 bits per heavy atom. The van der Waals surface area contributed by atoms with E-state index >= 15 is 0 Å². The molecule has 1 saturated heterocycles. The number of halogens is 1. The van der Waals surface area contributed by atoms with Gasteiger partial charge in [-0.2, -0.15) is 0 Å². The van der Waals surface area contributed by atoms with Gasteiger partial charge < -0.3 is 20.4 Å². The lowest BCUT2D eigenvalue weighted by Gasteiger charge is -2.33. The van der Waals surface area contributed by atoms with Crippen LogP contribution in [-0.2, 0) is 11.3 Å². The number of rotatable bonds is 3. The third kappa shape index (κ3) is 3.82. The fourth-order valence-corrected chi connectivity index (χ4v) is 3.73. The number of hydrogen-bond donors (Lipinski definition) is 2. The second-order valence-corrected chi connectivity index (χ2v) is 7.45. The van der Waals surface area contributed by atoms with Crippen molar-refractivity contribution in [1.29, 1.82) is 0 Å². The summed E-state index contributed by atoms with van der Waals surface area (Å²) in [5, 5.41) is 5.87. The maximum absolute atomic E-state index is 13.6. The van der Waals surface area contributed by atoms with E-state index in [1.807, 2.05) is 20.9 Å². The molecule has 142 valence electrons. The molecule has 3 amide bonds. The van der Waals surface area contributed by atoms with E-state index in [2.05, 4.69) is 15.5 Å². The van der Waals surface area contributed by atoms with Gasteiger partial charge in [0.25, 0.3) is 0 Å². The van der Waals surface area contributed by atoms with Crippen LogP contribution in [0, 0.1) is 11.7 Å². The molecule has 2 N–H and O–H groups in total.